The van der Waals surface area contributed by atoms with Gasteiger partial charge in [-0.2, -0.15) is 0 Å². The van der Waals surface area contributed by atoms with E-state index in [1.54, 1.807) is 6.26 Å². The number of carbonyl (C=O) groups excluding carboxylic acids is 1. The van der Waals surface area contributed by atoms with E-state index >= 15 is 0 Å². The first kappa shape index (κ1) is 11.4. The van der Waals surface area contributed by atoms with Crippen molar-refractivity contribution in [2.45, 2.75) is 31.1 Å². The van der Waals surface area contributed by atoms with Gasteiger partial charge in [-0.25, -0.2) is 0 Å². The van der Waals surface area contributed by atoms with Gasteiger partial charge in [-0.3, -0.25) is 4.79 Å². The Morgan fingerprint density at radius 3 is 2.56 bits per heavy atom. The van der Waals surface area contributed by atoms with Crippen LogP contribution < -0.4 is 0 Å². The van der Waals surface area contributed by atoms with E-state index in [1.165, 1.54) is 0 Å². The van der Waals surface area contributed by atoms with E-state index in [2.05, 4.69) is 19.0 Å². The molecule has 3 nitrogen and oxygen atoms in total. The maximum atomic E-state index is 11.4. The lowest BCUT2D eigenvalue weighted by Crippen LogP contribution is -2.40. The molecule has 0 amide bonds. The van der Waals surface area contributed by atoms with E-state index in [1.807, 2.05) is 12.1 Å². The van der Waals surface area contributed by atoms with Crippen LogP contribution in [0.4, 0.5) is 0 Å². The Kier molecular flexibility index (Phi) is 3.15. The molecule has 1 heterocycles. The van der Waals surface area contributed by atoms with Crippen molar-refractivity contribution in [1.82, 2.24) is 4.90 Å². The van der Waals surface area contributed by atoms with Gasteiger partial charge in [0.2, 0.25) is 0 Å². The van der Waals surface area contributed by atoms with Crippen LogP contribution in [0.15, 0.2) is 22.8 Å². The molecule has 0 bridgehead atoms. The number of hydrogen-bond donors (Lipinski definition) is 0. The number of carbonyl (C=O) groups is 1. The normalized spacial score (nSPS) is 20.3. The summed E-state index contributed by atoms with van der Waals surface area (Å²) in [5.74, 6) is 1.43. The molecule has 3 heteroatoms. The molecule has 1 aromatic heterocycles. The third-order valence-corrected chi connectivity index (χ3v) is 3.43. The zero-order chi connectivity index (χ0) is 11.6. The third kappa shape index (κ3) is 2.19. The molecule has 0 aromatic carbocycles. The maximum absolute atomic E-state index is 11.4. The monoisotopic (exact) mass is 221 g/mol. The molecule has 0 radical (unpaired) electrons. The molecule has 1 saturated carbocycles. The fraction of sp³-hybridized carbons (Fsp3) is 0.615. The summed E-state index contributed by atoms with van der Waals surface area (Å²) >= 11 is 0. The lowest BCUT2D eigenvalue weighted by atomic mass is 9.71. The Morgan fingerprint density at radius 2 is 2.06 bits per heavy atom. The number of furan rings is 1. The van der Waals surface area contributed by atoms with Crippen molar-refractivity contribution in [3.8, 4) is 0 Å². The number of rotatable bonds is 3. The van der Waals surface area contributed by atoms with Gasteiger partial charge in [0.05, 0.1) is 6.26 Å². The molecular formula is C13H19NO2. The summed E-state index contributed by atoms with van der Waals surface area (Å²) < 4.78 is 5.57. The van der Waals surface area contributed by atoms with Crippen LogP contribution in [0.5, 0.6) is 0 Å². The molecule has 0 atom stereocenters. The van der Waals surface area contributed by atoms with E-state index in [4.69, 9.17) is 4.42 Å². The molecule has 1 aromatic rings. The van der Waals surface area contributed by atoms with Crippen molar-refractivity contribution in [3.05, 3.63) is 24.2 Å². The Morgan fingerprint density at radius 1 is 1.38 bits per heavy atom. The minimum Gasteiger partial charge on any atom is -0.469 e. The number of ketones is 1. The van der Waals surface area contributed by atoms with E-state index in [9.17, 15) is 4.79 Å². The van der Waals surface area contributed by atoms with Crippen molar-refractivity contribution in [1.29, 1.82) is 0 Å². The van der Waals surface area contributed by atoms with Gasteiger partial charge in [0.1, 0.15) is 11.5 Å². The summed E-state index contributed by atoms with van der Waals surface area (Å²) in [6.07, 6.45) is 4.93. The highest BCUT2D eigenvalue weighted by Gasteiger charge is 2.38. The van der Waals surface area contributed by atoms with Gasteiger partial charge in [-0.1, -0.05) is 0 Å². The van der Waals surface area contributed by atoms with E-state index in [-0.39, 0.29) is 5.41 Å². The van der Waals surface area contributed by atoms with Crippen molar-refractivity contribution in [2.75, 3.05) is 20.6 Å². The lowest BCUT2D eigenvalue weighted by molar-refractivity contribution is -0.121. The predicted octanol–water partition coefficient (Wildman–Crippen LogP) is 2.22. The van der Waals surface area contributed by atoms with Gasteiger partial charge in [0.25, 0.3) is 0 Å². The Hall–Kier alpha value is -1.09. The molecule has 2 rings (SSSR count). The zero-order valence-corrected chi connectivity index (χ0v) is 10.0. The number of Topliss-reactive ketones (excluding diaryl/α,β-unsaturated/α-hetero) is 1. The van der Waals surface area contributed by atoms with Gasteiger partial charge in [-0.15, -0.1) is 0 Å². The molecule has 1 aliphatic rings. The second-order valence-electron chi connectivity index (χ2n) is 5.03. The first-order valence-corrected chi connectivity index (χ1v) is 5.83. The van der Waals surface area contributed by atoms with Crippen LogP contribution in [0.1, 0.15) is 31.4 Å². The summed E-state index contributed by atoms with van der Waals surface area (Å²) in [5, 5.41) is 0. The first-order chi connectivity index (χ1) is 7.62. The fourth-order valence-corrected chi connectivity index (χ4v) is 2.68. The Bertz CT molecular complexity index is 344. The molecule has 1 aliphatic carbocycles. The van der Waals surface area contributed by atoms with Crippen LogP contribution in [0.2, 0.25) is 0 Å². The van der Waals surface area contributed by atoms with Crippen LogP contribution >= 0.6 is 0 Å². The molecule has 88 valence electrons. The largest absolute Gasteiger partial charge is 0.469 e. The zero-order valence-electron chi connectivity index (χ0n) is 10.0. The van der Waals surface area contributed by atoms with Crippen molar-refractivity contribution in [2.24, 2.45) is 0 Å². The Balaban J connectivity index is 2.23. The van der Waals surface area contributed by atoms with Crippen molar-refractivity contribution < 1.29 is 9.21 Å². The molecule has 0 spiro atoms. The molecule has 0 N–H and O–H groups in total. The molecular weight excluding hydrogens is 202 g/mol. The standard InChI is InChI=1S/C13H19NO2/c1-14(2)10-13(12-4-3-9-16-12)7-5-11(15)6-8-13/h3-4,9H,5-8,10H2,1-2H3. The highest BCUT2D eigenvalue weighted by atomic mass is 16.3. The van der Waals surface area contributed by atoms with Gasteiger partial charge < -0.3 is 9.32 Å². The van der Waals surface area contributed by atoms with Crippen molar-refractivity contribution >= 4 is 5.78 Å². The SMILES string of the molecule is CN(C)CC1(c2ccco2)CCC(=O)CC1. The van der Waals surface area contributed by atoms with E-state index < -0.39 is 0 Å². The predicted molar refractivity (Wildman–Crippen MR) is 62.4 cm³/mol. The number of hydrogen-bond acceptors (Lipinski definition) is 3. The minimum absolute atomic E-state index is 0.0426. The van der Waals surface area contributed by atoms with Crippen LogP contribution in [-0.4, -0.2) is 31.3 Å². The summed E-state index contributed by atoms with van der Waals surface area (Å²) in [4.78, 5) is 13.5. The average Bonchev–Trinajstić information content (AvgIpc) is 2.75. The number of nitrogens with zero attached hydrogens (tertiary/aromatic N) is 1. The number of likely N-dealkylation sites (N-methyl/N-ethyl adjacent to an activating group) is 1. The van der Waals surface area contributed by atoms with Gasteiger partial charge in [0.15, 0.2) is 0 Å². The molecule has 16 heavy (non-hydrogen) atoms. The summed E-state index contributed by atoms with van der Waals surface area (Å²) in [5.41, 5.74) is 0.0426. The minimum atomic E-state index is 0.0426. The summed E-state index contributed by atoms with van der Waals surface area (Å²) in [7, 11) is 4.14. The van der Waals surface area contributed by atoms with Crippen LogP contribution in [0.25, 0.3) is 0 Å². The maximum Gasteiger partial charge on any atom is 0.132 e. The summed E-state index contributed by atoms with van der Waals surface area (Å²) in [6.45, 7) is 0.952. The highest BCUT2D eigenvalue weighted by Crippen LogP contribution is 2.38. The molecule has 0 unspecified atom stereocenters. The highest BCUT2D eigenvalue weighted by molar-refractivity contribution is 5.79. The smallest absolute Gasteiger partial charge is 0.132 e. The van der Waals surface area contributed by atoms with Crippen LogP contribution in [-0.2, 0) is 10.2 Å². The van der Waals surface area contributed by atoms with Gasteiger partial charge in [-0.05, 0) is 39.1 Å². The lowest BCUT2D eigenvalue weighted by Gasteiger charge is -2.37. The van der Waals surface area contributed by atoms with Gasteiger partial charge in [0, 0.05) is 24.8 Å². The average molecular weight is 221 g/mol. The van der Waals surface area contributed by atoms with Crippen LogP contribution in [0.3, 0.4) is 0 Å². The molecule has 0 aliphatic heterocycles. The third-order valence-electron chi connectivity index (χ3n) is 3.43. The fourth-order valence-electron chi connectivity index (χ4n) is 2.68. The second-order valence-corrected chi connectivity index (χ2v) is 5.03. The van der Waals surface area contributed by atoms with Crippen LogP contribution in [0, 0.1) is 0 Å². The molecule has 1 fully saturated rings. The van der Waals surface area contributed by atoms with Crippen molar-refractivity contribution in [3.63, 3.8) is 0 Å². The topological polar surface area (TPSA) is 33.5 Å². The second kappa shape index (κ2) is 4.42. The first-order valence-electron chi connectivity index (χ1n) is 5.83. The van der Waals surface area contributed by atoms with E-state index in [0.717, 1.165) is 25.1 Å². The van der Waals surface area contributed by atoms with E-state index in [0.29, 0.717) is 18.6 Å². The quantitative estimate of drug-likeness (QED) is 0.784. The summed E-state index contributed by atoms with van der Waals surface area (Å²) in [6, 6.07) is 3.97. The van der Waals surface area contributed by atoms with Gasteiger partial charge >= 0.3 is 0 Å². The Labute approximate surface area is 96.4 Å². The molecule has 0 saturated heterocycles.